The molecule has 1 N–H and O–H groups in total. The van der Waals surface area contributed by atoms with Gasteiger partial charge in [0, 0.05) is 30.2 Å². The molecule has 188 valence electrons. The Morgan fingerprint density at radius 1 is 0.944 bits per heavy atom. The standard InChI is InChI=1S/C25H19F6N3O2/c1-13-9-17(7-8-32-13)33-22(35)20-18-5-3-4-6-19(18)23(36)34(2)21(20)14-10-15(24(26,27)28)12-16(11-14)25(29,30)31/h3-12,20-21H,1-2H3,(H,32,33,35). The predicted octanol–water partition coefficient (Wildman–Crippen LogP) is 5.98. The summed E-state index contributed by atoms with van der Waals surface area (Å²) in [6, 6.07) is 8.73. The second kappa shape index (κ2) is 8.96. The number of rotatable bonds is 3. The van der Waals surface area contributed by atoms with Gasteiger partial charge in [0.2, 0.25) is 5.91 Å². The van der Waals surface area contributed by atoms with Crippen LogP contribution in [0.25, 0.3) is 0 Å². The SMILES string of the molecule is Cc1cc(NC(=O)C2c3ccccc3C(=O)N(C)C2c2cc(C(F)(F)F)cc(C(F)(F)F)c2)ccn1. The highest BCUT2D eigenvalue weighted by atomic mass is 19.4. The highest BCUT2D eigenvalue weighted by Crippen LogP contribution is 2.45. The zero-order chi connectivity index (χ0) is 26.4. The van der Waals surface area contributed by atoms with Crippen LogP contribution in [0.2, 0.25) is 0 Å². The fraction of sp³-hybridized carbons (Fsp3) is 0.240. The number of alkyl halides is 6. The van der Waals surface area contributed by atoms with Crippen molar-refractivity contribution in [3.05, 3.63) is 94.3 Å². The van der Waals surface area contributed by atoms with E-state index in [1.807, 2.05) is 0 Å². The second-order valence-corrected chi connectivity index (χ2v) is 8.44. The molecule has 1 aliphatic rings. The highest BCUT2D eigenvalue weighted by Gasteiger charge is 2.45. The van der Waals surface area contributed by atoms with Gasteiger partial charge in [-0.1, -0.05) is 18.2 Å². The van der Waals surface area contributed by atoms with Gasteiger partial charge in [-0.05, 0) is 54.4 Å². The molecule has 2 atom stereocenters. The first-order valence-electron chi connectivity index (χ1n) is 10.7. The van der Waals surface area contributed by atoms with Gasteiger partial charge in [-0.3, -0.25) is 14.6 Å². The number of aryl methyl sites for hydroxylation is 1. The van der Waals surface area contributed by atoms with E-state index in [0.717, 1.165) is 4.90 Å². The van der Waals surface area contributed by atoms with Gasteiger partial charge in [0.05, 0.1) is 23.1 Å². The summed E-state index contributed by atoms with van der Waals surface area (Å²) in [6.07, 6.45) is -8.73. The van der Waals surface area contributed by atoms with Crippen molar-refractivity contribution in [3.8, 4) is 0 Å². The summed E-state index contributed by atoms with van der Waals surface area (Å²) < 4.78 is 81.4. The first-order chi connectivity index (χ1) is 16.8. The molecule has 0 spiro atoms. The van der Waals surface area contributed by atoms with Gasteiger partial charge in [0.25, 0.3) is 5.91 Å². The largest absolute Gasteiger partial charge is 0.416 e. The first kappa shape index (κ1) is 25.2. The second-order valence-electron chi connectivity index (χ2n) is 8.44. The minimum Gasteiger partial charge on any atom is -0.334 e. The third-order valence-corrected chi connectivity index (χ3v) is 5.98. The maximum absolute atomic E-state index is 13.6. The van der Waals surface area contributed by atoms with Gasteiger partial charge >= 0.3 is 12.4 Å². The van der Waals surface area contributed by atoms with Crippen LogP contribution in [0.4, 0.5) is 32.0 Å². The van der Waals surface area contributed by atoms with E-state index in [1.165, 1.54) is 31.4 Å². The van der Waals surface area contributed by atoms with Crippen LogP contribution in [0.1, 0.15) is 50.3 Å². The van der Waals surface area contributed by atoms with E-state index in [1.54, 1.807) is 25.1 Å². The molecule has 1 aliphatic heterocycles. The molecule has 4 rings (SSSR count). The first-order valence-corrected chi connectivity index (χ1v) is 10.7. The van der Waals surface area contributed by atoms with Crippen LogP contribution in [0.5, 0.6) is 0 Å². The zero-order valence-electron chi connectivity index (χ0n) is 18.9. The van der Waals surface area contributed by atoms with E-state index >= 15 is 0 Å². The van der Waals surface area contributed by atoms with E-state index in [4.69, 9.17) is 0 Å². The molecule has 0 bridgehead atoms. The monoisotopic (exact) mass is 507 g/mol. The topological polar surface area (TPSA) is 62.3 Å². The van der Waals surface area contributed by atoms with E-state index < -0.39 is 52.8 Å². The molecule has 0 aliphatic carbocycles. The van der Waals surface area contributed by atoms with E-state index in [0.29, 0.717) is 23.5 Å². The molecule has 2 heterocycles. The summed E-state index contributed by atoms with van der Waals surface area (Å²) in [6.45, 7) is 1.68. The summed E-state index contributed by atoms with van der Waals surface area (Å²) in [4.78, 5) is 31.6. The quantitative estimate of drug-likeness (QED) is 0.444. The van der Waals surface area contributed by atoms with Gasteiger partial charge in [-0.25, -0.2) is 0 Å². The number of amides is 2. The average Bonchev–Trinajstić information content (AvgIpc) is 2.79. The van der Waals surface area contributed by atoms with Gasteiger partial charge in [-0.2, -0.15) is 26.3 Å². The van der Waals surface area contributed by atoms with Crippen LogP contribution in [0.15, 0.2) is 60.8 Å². The summed E-state index contributed by atoms with van der Waals surface area (Å²) in [5.74, 6) is -2.64. The number of fused-ring (bicyclic) bond motifs is 1. The number of nitrogens with one attached hydrogen (secondary N) is 1. The molecular weight excluding hydrogens is 488 g/mol. The number of anilines is 1. The van der Waals surface area contributed by atoms with Crippen molar-refractivity contribution in [2.24, 2.45) is 0 Å². The molecule has 5 nitrogen and oxygen atoms in total. The third-order valence-electron chi connectivity index (χ3n) is 5.98. The number of aromatic nitrogens is 1. The zero-order valence-corrected chi connectivity index (χ0v) is 18.9. The molecular formula is C25H19F6N3O2. The van der Waals surface area contributed by atoms with Crippen molar-refractivity contribution in [2.45, 2.75) is 31.2 Å². The highest BCUT2D eigenvalue weighted by molar-refractivity contribution is 6.04. The summed E-state index contributed by atoms with van der Waals surface area (Å²) in [5, 5.41) is 2.66. The van der Waals surface area contributed by atoms with Crippen LogP contribution in [0, 0.1) is 6.92 Å². The Balaban J connectivity index is 1.91. The fourth-order valence-corrected chi connectivity index (χ4v) is 4.37. The lowest BCUT2D eigenvalue weighted by Crippen LogP contribution is -2.44. The smallest absolute Gasteiger partial charge is 0.334 e. The summed E-state index contributed by atoms with van der Waals surface area (Å²) in [7, 11) is 1.24. The molecule has 1 aromatic heterocycles. The number of hydrogen-bond acceptors (Lipinski definition) is 3. The Kier molecular flexibility index (Phi) is 6.27. The minimum atomic E-state index is -5.09. The Morgan fingerprint density at radius 3 is 2.14 bits per heavy atom. The van der Waals surface area contributed by atoms with Crippen LogP contribution >= 0.6 is 0 Å². The molecule has 0 fully saturated rings. The maximum atomic E-state index is 13.6. The minimum absolute atomic E-state index is 0.0108. The number of carbonyl (C=O) groups is 2. The number of likely N-dealkylation sites (N-methyl/N-ethyl adjacent to an activating group) is 1. The fourth-order valence-electron chi connectivity index (χ4n) is 4.37. The van der Waals surface area contributed by atoms with Crippen molar-refractivity contribution in [2.75, 3.05) is 12.4 Å². The molecule has 11 heteroatoms. The maximum Gasteiger partial charge on any atom is 0.416 e. The molecule has 2 amide bonds. The van der Waals surface area contributed by atoms with Gasteiger partial charge in [0.1, 0.15) is 0 Å². The van der Waals surface area contributed by atoms with Crippen molar-refractivity contribution in [1.29, 1.82) is 0 Å². The van der Waals surface area contributed by atoms with Crippen molar-refractivity contribution >= 4 is 17.5 Å². The van der Waals surface area contributed by atoms with E-state index in [2.05, 4.69) is 10.3 Å². The number of hydrogen-bond donors (Lipinski definition) is 1. The Bertz CT molecular complexity index is 1300. The molecule has 0 saturated carbocycles. The van der Waals surface area contributed by atoms with Gasteiger partial charge < -0.3 is 10.2 Å². The van der Waals surface area contributed by atoms with Gasteiger partial charge in [-0.15, -0.1) is 0 Å². The Morgan fingerprint density at radius 2 is 1.56 bits per heavy atom. The molecule has 3 aromatic rings. The van der Waals surface area contributed by atoms with Crippen LogP contribution in [-0.4, -0.2) is 28.7 Å². The van der Waals surface area contributed by atoms with Crippen molar-refractivity contribution < 1.29 is 35.9 Å². The van der Waals surface area contributed by atoms with Crippen molar-refractivity contribution in [1.82, 2.24) is 9.88 Å². The lowest BCUT2D eigenvalue weighted by molar-refractivity contribution is -0.143. The van der Waals surface area contributed by atoms with Crippen LogP contribution < -0.4 is 5.32 Å². The Labute approximate surface area is 201 Å². The Hall–Kier alpha value is -3.89. The molecule has 2 aromatic carbocycles. The third kappa shape index (κ3) is 4.77. The van der Waals surface area contributed by atoms with E-state index in [-0.39, 0.29) is 17.2 Å². The lowest BCUT2D eigenvalue weighted by Gasteiger charge is -2.40. The van der Waals surface area contributed by atoms with Crippen LogP contribution in [0.3, 0.4) is 0 Å². The number of nitrogens with zero attached hydrogens (tertiary/aromatic N) is 2. The number of carbonyl (C=O) groups excluding carboxylic acids is 2. The molecule has 36 heavy (non-hydrogen) atoms. The molecule has 0 saturated heterocycles. The normalized spacial score (nSPS) is 18.1. The van der Waals surface area contributed by atoms with Gasteiger partial charge in [0.15, 0.2) is 0 Å². The number of benzene rings is 2. The molecule has 0 radical (unpaired) electrons. The number of pyridine rings is 1. The van der Waals surface area contributed by atoms with Crippen molar-refractivity contribution in [3.63, 3.8) is 0 Å². The van der Waals surface area contributed by atoms with E-state index in [9.17, 15) is 35.9 Å². The predicted molar refractivity (Wildman–Crippen MR) is 118 cm³/mol. The molecule has 2 unspecified atom stereocenters. The number of halogens is 6. The average molecular weight is 507 g/mol. The van der Waals surface area contributed by atoms with Crippen LogP contribution in [-0.2, 0) is 17.1 Å². The summed E-state index contributed by atoms with van der Waals surface area (Å²) in [5.41, 5.74) is -2.29. The lowest BCUT2D eigenvalue weighted by atomic mass is 9.78. The summed E-state index contributed by atoms with van der Waals surface area (Å²) >= 11 is 0.